The molecule has 1 N–H and O–H groups in total. The molecular weight excluding hydrogens is 492 g/mol. The number of amides is 2. The smallest absolute Gasteiger partial charge is 0.262 e. The molecule has 4 heterocycles. The number of hydrogen-bond donors (Lipinski definition) is 1. The highest BCUT2D eigenvalue weighted by molar-refractivity contribution is 7.17. The predicted molar refractivity (Wildman–Crippen MR) is 130 cm³/mol. The van der Waals surface area contributed by atoms with Gasteiger partial charge in [-0.2, -0.15) is 0 Å². The number of hydrogen-bond acceptors (Lipinski definition) is 8. The number of halogens is 1. The van der Waals surface area contributed by atoms with Crippen LogP contribution in [0.5, 0.6) is 5.88 Å². The lowest BCUT2D eigenvalue weighted by atomic mass is 9.83. The molecule has 9 nitrogen and oxygen atoms in total. The number of rotatable bonds is 6. The number of methoxy groups -OCH3 is 1. The average molecular weight is 519 g/mol. The average Bonchev–Trinajstić information content (AvgIpc) is 3.61. The standard InChI is InChI=1S/C24H27ClN4O5S/c1-33-19-10-7-15(27-28-19)17-8-9-18(35-17)23(31)26-20(13-5-3-2-4-6-13)24(32)29-11-14(25)22-21(29)16(30)12-34-22/h7-10,13-14,20-22H,2-6,11-12H2,1H3,(H,26,31)/t14-,20?,21+,22+/m0/s1. The van der Waals surface area contributed by atoms with Gasteiger partial charge in [0.2, 0.25) is 11.8 Å². The van der Waals surface area contributed by atoms with Crippen molar-refractivity contribution in [1.29, 1.82) is 0 Å². The fourth-order valence-electron chi connectivity index (χ4n) is 5.22. The maximum absolute atomic E-state index is 13.8. The molecule has 0 spiro atoms. The van der Waals surface area contributed by atoms with E-state index in [4.69, 9.17) is 21.1 Å². The van der Waals surface area contributed by atoms with Crippen LogP contribution in [0.25, 0.3) is 10.6 Å². The first-order valence-corrected chi connectivity index (χ1v) is 13.1. The van der Waals surface area contributed by atoms with E-state index in [1.165, 1.54) is 23.3 Å². The topological polar surface area (TPSA) is 111 Å². The van der Waals surface area contributed by atoms with Crippen molar-refractivity contribution in [1.82, 2.24) is 20.4 Å². The number of ether oxygens (including phenoxy) is 2. The number of alkyl halides is 1. The Balaban J connectivity index is 1.35. The van der Waals surface area contributed by atoms with Crippen molar-refractivity contribution in [3.05, 3.63) is 29.1 Å². The first-order valence-electron chi connectivity index (χ1n) is 11.8. The Morgan fingerprint density at radius 3 is 2.71 bits per heavy atom. The third kappa shape index (κ3) is 4.79. The van der Waals surface area contributed by atoms with Crippen molar-refractivity contribution in [2.45, 2.75) is 55.7 Å². The maximum atomic E-state index is 13.8. The summed E-state index contributed by atoms with van der Waals surface area (Å²) >= 11 is 7.69. The zero-order valence-electron chi connectivity index (χ0n) is 19.3. The highest BCUT2D eigenvalue weighted by atomic mass is 35.5. The Hall–Kier alpha value is -2.56. The molecule has 2 aromatic rings. The van der Waals surface area contributed by atoms with Crippen molar-refractivity contribution in [2.75, 3.05) is 20.3 Å². The normalized spacial score (nSPS) is 25.4. The van der Waals surface area contributed by atoms with Crippen LogP contribution in [-0.4, -0.2) is 76.5 Å². The van der Waals surface area contributed by atoms with E-state index in [9.17, 15) is 14.4 Å². The van der Waals surface area contributed by atoms with Gasteiger partial charge in [0.15, 0.2) is 5.78 Å². The van der Waals surface area contributed by atoms with E-state index in [1.807, 2.05) is 6.07 Å². The van der Waals surface area contributed by atoms with Crippen LogP contribution in [0.2, 0.25) is 0 Å². The van der Waals surface area contributed by atoms with Crippen molar-refractivity contribution in [2.24, 2.45) is 5.92 Å². The quantitative estimate of drug-likeness (QED) is 0.585. The monoisotopic (exact) mass is 518 g/mol. The molecule has 2 aromatic heterocycles. The van der Waals surface area contributed by atoms with Crippen molar-refractivity contribution >= 4 is 40.5 Å². The number of carbonyl (C=O) groups excluding carboxylic acids is 3. The minimum absolute atomic E-state index is 0.0114. The van der Waals surface area contributed by atoms with Crippen LogP contribution in [0.1, 0.15) is 41.8 Å². The van der Waals surface area contributed by atoms with Gasteiger partial charge in [0.25, 0.3) is 5.91 Å². The van der Waals surface area contributed by atoms with Gasteiger partial charge in [-0.3, -0.25) is 14.4 Å². The third-order valence-corrected chi connectivity index (χ3v) is 8.50. The zero-order valence-corrected chi connectivity index (χ0v) is 20.9. The van der Waals surface area contributed by atoms with Gasteiger partial charge in [0, 0.05) is 12.6 Å². The molecule has 186 valence electrons. The second-order valence-electron chi connectivity index (χ2n) is 9.17. The minimum atomic E-state index is -0.717. The van der Waals surface area contributed by atoms with E-state index in [1.54, 1.807) is 18.2 Å². The number of thiophene rings is 1. The van der Waals surface area contributed by atoms with Crippen molar-refractivity contribution in [3.63, 3.8) is 0 Å². The second-order valence-corrected chi connectivity index (χ2v) is 10.8. The molecule has 1 aliphatic carbocycles. The van der Waals surface area contributed by atoms with E-state index < -0.39 is 23.6 Å². The Bertz CT molecular complexity index is 1100. The summed E-state index contributed by atoms with van der Waals surface area (Å²) in [5, 5.41) is 10.7. The molecule has 5 rings (SSSR count). The summed E-state index contributed by atoms with van der Waals surface area (Å²) in [5.74, 6) is -0.286. The Morgan fingerprint density at radius 1 is 1.20 bits per heavy atom. The lowest BCUT2D eigenvalue weighted by Gasteiger charge is -2.34. The van der Waals surface area contributed by atoms with Crippen LogP contribution >= 0.6 is 22.9 Å². The lowest BCUT2D eigenvalue weighted by molar-refractivity contribution is -0.139. The highest BCUT2D eigenvalue weighted by Gasteiger charge is 2.53. The molecular formula is C24H27ClN4O5S. The number of fused-ring (bicyclic) bond motifs is 1. The summed E-state index contributed by atoms with van der Waals surface area (Å²) in [6.45, 7) is 0.203. The molecule has 11 heteroatoms. The molecule has 35 heavy (non-hydrogen) atoms. The molecule has 2 amide bonds. The zero-order chi connectivity index (χ0) is 24.5. The van der Waals surface area contributed by atoms with Crippen LogP contribution < -0.4 is 10.1 Å². The largest absolute Gasteiger partial charge is 0.480 e. The summed E-state index contributed by atoms with van der Waals surface area (Å²) in [6.07, 6.45) is 4.36. The molecule has 0 aromatic carbocycles. The summed E-state index contributed by atoms with van der Waals surface area (Å²) in [7, 11) is 1.52. The summed E-state index contributed by atoms with van der Waals surface area (Å²) in [6, 6.07) is 5.63. The first-order chi connectivity index (χ1) is 17.0. The van der Waals surface area contributed by atoms with Gasteiger partial charge in [0.1, 0.15) is 30.5 Å². The number of ketones is 1. The lowest BCUT2D eigenvalue weighted by Crippen LogP contribution is -2.55. The molecule has 4 atom stereocenters. The van der Waals surface area contributed by atoms with Gasteiger partial charge >= 0.3 is 0 Å². The highest BCUT2D eigenvalue weighted by Crippen LogP contribution is 2.34. The molecule has 0 radical (unpaired) electrons. The van der Waals surface area contributed by atoms with Crippen molar-refractivity contribution in [3.8, 4) is 16.5 Å². The van der Waals surface area contributed by atoms with Gasteiger partial charge in [-0.1, -0.05) is 19.3 Å². The molecule has 3 aliphatic rings. The van der Waals surface area contributed by atoms with Gasteiger partial charge in [-0.15, -0.1) is 33.1 Å². The SMILES string of the molecule is COc1ccc(-c2ccc(C(=O)NC(C(=O)N3C[C@H](Cl)[C@H]4OCC(=O)[C@H]43)C3CCCCC3)s2)nn1. The predicted octanol–water partition coefficient (Wildman–Crippen LogP) is 2.68. The van der Waals surface area contributed by atoms with Crippen LogP contribution in [0.4, 0.5) is 0 Å². The number of nitrogens with zero attached hydrogens (tertiary/aromatic N) is 3. The molecule has 3 fully saturated rings. The number of nitrogens with one attached hydrogen (secondary N) is 1. The van der Waals surface area contributed by atoms with Gasteiger partial charge in [0.05, 0.1) is 22.2 Å². The number of Topliss-reactive ketones (excluding diaryl/α,β-unsaturated/α-hetero) is 1. The summed E-state index contributed by atoms with van der Waals surface area (Å²) in [4.78, 5) is 42.3. The van der Waals surface area contributed by atoms with Gasteiger partial charge in [-0.05, 0) is 37.0 Å². The number of carbonyl (C=O) groups is 3. The Morgan fingerprint density at radius 2 is 2.00 bits per heavy atom. The molecule has 2 aliphatic heterocycles. The summed E-state index contributed by atoms with van der Waals surface area (Å²) in [5.41, 5.74) is 0.630. The van der Waals surface area contributed by atoms with Crippen LogP contribution in [-0.2, 0) is 14.3 Å². The Labute approximate surface area is 212 Å². The molecule has 0 bridgehead atoms. The second kappa shape index (κ2) is 10.2. The van der Waals surface area contributed by atoms with Crippen LogP contribution in [0.15, 0.2) is 24.3 Å². The van der Waals surface area contributed by atoms with Crippen LogP contribution in [0, 0.1) is 5.92 Å². The number of aromatic nitrogens is 2. The fourth-order valence-corrected chi connectivity index (χ4v) is 6.45. The van der Waals surface area contributed by atoms with Crippen LogP contribution in [0.3, 0.4) is 0 Å². The van der Waals surface area contributed by atoms with E-state index in [-0.39, 0.29) is 36.7 Å². The van der Waals surface area contributed by atoms with Crippen molar-refractivity contribution < 1.29 is 23.9 Å². The number of likely N-dealkylation sites (tertiary alicyclic amines) is 1. The molecule has 2 saturated heterocycles. The van der Waals surface area contributed by atoms with Gasteiger partial charge < -0.3 is 19.7 Å². The third-order valence-electron chi connectivity index (χ3n) is 7.01. The molecule has 1 unspecified atom stereocenters. The van der Waals surface area contributed by atoms with E-state index in [2.05, 4.69) is 15.5 Å². The van der Waals surface area contributed by atoms with Gasteiger partial charge in [-0.25, -0.2) is 0 Å². The first kappa shape index (κ1) is 24.1. The van der Waals surface area contributed by atoms with E-state index in [0.717, 1.165) is 37.0 Å². The minimum Gasteiger partial charge on any atom is -0.480 e. The summed E-state index contributed by atoms with van der Waals surface area (Å²) < 4.78 is 10.6. The van der Waals surface area contributed by atoms with E-state index in [0.29, 0.717) is 16.5 Å². The Kier molecular flexibility index (Phi) is 7.04. The maximum Gasteiger partial charge on any atom is 0.262 e. The molecule has 1 saturated carbocycles. The van der Waals surface area contributed by atoms with E-state index >= 15 is 0 Å². The fraction of sp³-hybridized carbons (Fsp3) is 0.542.